The van der Waals surface area contributed by atoms with Crippen molar-refractivity contribution in [2.45, 2.75) is 51.6 Å². The number of carboxylic acids is 1. The predicted molar refractivity (Wildman–Crippen MR) is 66.8 cm³/mol. The molecule has 0 heterocycles. The van der Waals surface area contributed by atoms with E-state index in [0.717, 1.165) is 37.2 Å². The summed E-state index contributed by atoms with van der Waals surface area (Å²) in [5.74, 6) is 0.905. The van der Waals surface area contributed by atoms with Crippen LogP contribution in [0.2, 0.25) is 0 Å². The van der Waals surface area contributed by atoms with Crippen molar-refractivity contribution in [2.75, 3.05) is 11.5 Å². The Balaban J connectivity index is 2.27. The number of thioether (sulfide) groups is 1. The topological polar surface area (TPSA) is 57.5 Å². The minimum atomic E-state index is -0.695. The zero-order chi connectivity index (χ0) is 12.2. The molecule has 4 heteroatoms. The second kappa shape index (κ2) is 5.41. The molecule has 2 N–H and O–H groups in total. The summed E-state index contributed by atoms with van der Waals surface area (Å²) < 4.78 is 0. The molecule has 3 nitrogen and oxygen atoms in total. The van der Waals surface area contributed by atoms with Crippen molar-refractivity contribution in [1.29, 1.82) is 0 Å². The molecular formula is C12H22O3S. The monoisotopic (exact) mass is 246 g/mol. The maximum Gasteiger partial charge on any atom is 0.303 e. The van der Waals surface area contributed by atoms with E-state index in [1.807, 2.05) is 13.8 Å². The summed E-state index contributed by atoms with van der Waals surface area (Å²) in [5, 5.41) is 18.9. The number of hydrogen-bond acceptors (Lipinski definition) is 3. The molecule has 16 heavy (non-hydrogen) atoms. The molecule has 0 radical (unpaired) electrons. The van der Waals surface area contributed by atoms with Crippen LogP contribution in [0.3, 0.4) is 0 Å². The standard InChI is InChI=1S/C12H22O3S/c1-3-12(15,4-2)9-16-8-11(5-6-11)7-10(13)14/h15H,3-9H2,1-2H3,(H,13,14). The van der Waals surface area contributed by atoms with E-state index in [9.17, 15) is 9.90 Å². The molecule has 1 rings (SSSR count). The molecule has 1 aliphatic carbocycles. The Morgan fingerprint density at radius 2 is 1.94 bits per heavy atom. The van der Waals surface area contributed by atoms with Gasteiger partial charge in [0.2, 0.25) is 0 Å². The second-order valence-corrected chi connectivity index (χ2v) is 5.98. The molecule has 0 amide bonds. The minimum absolute atomic E-state index is 0.0406. The molecule has 94 valence electrons. The van der Waals surface area contributed by atoms with Crippen LogP contribution in [0.4, 0.5) is 0 Å². The Labute approximate surface area is 102 Å². The normalized spacial score (nSPS) is 18.4. The third-order valence-electron chi connectivity index (χ3n) is 3.58. The molecular weight excluding hydrogens is 224 g/mol. The Morgan fingerprint density at radius 3 is 2.31 bits per heavy atom. The summed E-state index contributed by atoms with van der Waals surface area (Å²) in [7, 11) is 0. The number of carbonyl (C=O) groups is 1. The van der Waals surface area contributed by atoms with Crippen LogP contribution < -0.4 is 0 Å². The first kappa shape index (κ1) is 13.8. The van der Waals surface area contributed by atoms with E-state index in [1.54, 1.807) is 11.8 Å². The third-order valence-corrected chi connectivity index (χ3v) is 5.14. The Kier molecular flexibility index (Phi) is 4.68. The van der Waals surface area contributed by atoms with E-state index in [1.165, 1.54) is 0 Å². The van der Waals surface area contributed by atoms with Crippen LogP contribution in [-0.4, -0.2) is 33.3 Å². The lowest BCUT2D eigenvalue weighted by molar-refractivity contribution is -0.138. The van der Waals surface area contributed by atoms with E-state index >= 15 is 0 Å². The summed E-state index contributed by atoms with van der Waals surface area (Å²) in [6, 6.07) is 0. The quantitative estimate of drug-likeness (QED) is 0.691. The van der Waals surface area contributed by atoms with Crippen molar-refractivity contribution in [3.63, 3.8) is 0 Å². The first-order valence-electron chi connectivity index (χ1n) is 5.97. The van der Waals surface area contributed by atoms with Crippen LogP contribution in [0, 0.1) is 5.41 Å². The lowest BCUT2D eigenvalue weighted by Gasteiger charge is -2.25. The summed E-state index contributed by atoms with van der Waals surface area (Å²) >= 11 is 1.71. The van der Waals surface area contributed by atoms with Crippen LogP contribution >= 0.6 is 11.8 Å². The molecule has 0 aromatic carbocycles. The molecule has 0 aliphatic heterocycles. The summed E-state index contributed by atoms with van der Waals surface area (Å²) in [5.41, 5.74) is -0.525. The third kappa shape index (κ3) is 3.98. The van der Waals surface area contributed by atoms with Gasteiger partial charge in [-0.2, -0.15) is 11.8 Å². The maximum atomic E-state index is 10.7. The fourth-order valence-corrected chi connectivity index (χ4v) is 3.50. The van der Waals surface area contributed by atoms with Gasteiger partial charge in [-0.05, 0) is 36.9 Å². The minimum Gasteiger partial charge on any atom is -0.481 e. The van der Waals surface area contributed by atoms with E-state index in [4.69, 9.17) is 5.11 Å². The molecule has 0 saturated heterocycles. The van der Waals surface area contributed by atoms with Gasteiger partial charge in [0.05, 0.1) is 12.0 Å². The van der Waals surface area contributed by atoms with E-state index in [0.29, 0.717) is 0 Å². The van der Waals surface area contributed by atoms with Crippen LogP contribution in [0.25, 0.3) is 0 Å². The average molecular weight is 246 g/mol. The molecule has 0 aromatic heterocycles. The van der Waals surface area contributed by atoms with Gasteiger partial charge in [-0.3, -0.25) is 4.79 Å². The molecule has 1 fully saturated rings. The van der Waals surface area contributed by atoms with Gasteiger partial charge in [-0.25, -0.2) is 0 Å². The van der Waals surface area contributed by atoms with Gasteiger partial charge in [0, 0.05) is 5.75 Å². The van der Waals surface area contributed by atoms with Crippen molar-refractivity contribution in [3.05, 3.63) is 0 Å². The van der Waals surface area contributed by atoms with Crippen molar-refractivity contribution < 1.29 is 15.0 Å². The number of rotatable bonds is 8. The smallest absolute Gasteiger partial charge is 0.303 e. The van der Waals surface area contributed by atoms with Gasteiger partial charge >= 0.3 is 5.97 Å². The largest absolute Gasteiger partial charge is 0.481 e. The first-order valence-corrected chi connectivity index (χ1v) is 7.13. The lowest BCUT2D eigenvalue weighted by atomic mass is 10.0. The van der Waals surface area contributed by atoms with E-state index in [-0.39, 0.29) is 11.8 Å². The number of aliphatic hydroxyl groups is 1. The average Bonchev–Trinajstić information content (AvgIpc) is 2.97. The van der Waals surface area contributed by atoms with Gasteiger partial charge in [-0.15, -0.1) is 0 Å². The Bertz CT molecular complexity index is 245. The van der Waals surface area contributed by atoms with Crippen molar-refractivity contribution in [1.82, 2.24) is 0 Å². The highest BCUT2D eigenvalue weighted by molar-refractivity contribution is 7.99. The van der Waals surface area contributed by atoms with Gasteiger partial charge in [0.15, 0.2) is 0 Å². The molecule has 1 aliphatic rings. The van der Waals surface area contributed by atoms with Gasteiger partial charge < -0.3 is 10.2 Å². The van der Waals surface area contributed by atoms with Crippen LogP contribution in [-0.2, 0) is 4.79 Å². The van der Waals surface area contributed by atoms with Crippen LogP contribution in [0.5, 0.6) is 0 Å². The lowest BCUT2D eigenvalue weighted by Crippen LogP contribution is -2.30. The highest BCUT2D eigenvalue weighted by Gasteiger charge is 2.44. The highest BCUT2D eigenvalue weighted by atomic mass is 32.2. The summed E-state index contributed by atoms with van der Waals surface area (Å²) in [6.45, 7) is 3.99. The SMILES string of the molecule is CCC(O)(CC)CSCC1(CC(=O)O)CC1. The highest BCUT2D eigenvalue weighted by Crippen LogP contribution is 2.51. The van der Waals surface area contributed by atoms with Crippen molar-refractivity contribution in [3.8, 4) is 0 Å². The molecule has 0 atom stereocenters. The van der Waals surface area contributed by atoms with Gasteiger partial charge in [0.1, 0.15) is 0 Å². The number of carboxylic acid groups (broad SMARTS) is 1. The maximum absolute atomic E-state index is 10.7. The van der Waals surface area contributed by atoms with E-state index in [2.05, 4.69) is 0 Å². The fourth-order valence-electron chi connectivity index (χ4n) is 1.78. The predicted octanol–water partition coefficient (Wildman–Crippen LogP) is 2.53. The second-order valence-electron chi connectivity index (χ2n) is 4.99. The van der Waals surface area contributed by atoms with Crippen LogP contribution in [0.1, 0.15) is 46.0 Å². The first-order chi connectivity index (χ1) is 7.45. The molecule has 0 spiro atoms. The number of hydrogen-bond donors (Lipinski definition) is 2. The summed E-state index contributed by atoms with van der Waals surface area (Å²) in [4.78, 5) is 10.7. The Hall–Kier alpha value is -0.220. The molecule has 0 aromatic rings. The Morgan fingerprint density at radius 1 is 1.38 bits per heavy atom. The van der Waals surface area contributed by atoms with Crippen LogP contribution in [0.15, 0.2) is 0 Å². The molecule has 0 unspecified atom stereocenters. The van der Waals surface area contributed by atoms with Gasteiger partial charge in [0.25, 0.3) is 0 Å². The fraction of sp³-hybridized carbons (Fsp3) is 0.917. The zero-order valence-corrected chi connectivity index (χ0v) is 11.0. The molecule has 1 saturated carbocycles. The number of aliphatic carboxylic acids is 1. The molecule has 0 bridgehead atoms. The van der Waals surface area contributed by atoms with Gasteiger partial charge in [-0.1, -0.05) is 13.8 Å². The van der Waals surface area contributed by atoms with Crippen molar-refractivity contribution >= 4 is 17.7 Å². The van der Waals surface area contributed by atoms with E-state index < -0.39 is 11.6 Å². The summed E-state index contributed by atoms with van der Waals surface area (Å²) in [6.07, 6.45) is 3.88. The zero-order valence-electron chi connectivity index (χ0n) is 10.2. The van der Waals surface area contributed by atoms with Crippen molar-refractivity contribution in [2.24, 2.45) is 5.41 Å².